The van der Waals surface area contributed by atoms with Gasteiger partial charge in [0.2, 0.25) is 17.6 Å². The first-order valence-electron chi connectivity index (χ1n) is 8.93. The molecule has 2 aromatic heterocycles. The van der Waals surface area contributed by atoms with E-state index in [2.05, 4.69) is 20.4 Å². The minimum absolute atomic E-state index is 0.0428. The fraction of sp³-hybridized carbons (Fsp3) is 0.316. The van der Waals surface area contributed by atoms with Gasteiger partial charge < -0.3 is 9.84 Å². The minimum Gasteiger partial charge on any atom is -0.338 e. The number of rotatable bonds is 5. The summed E-state index contributed by atoms with van der Waals surface area (Å²) >= 11 is 13.6. The number of carbonyl (C=O) groups is 1. The van der Waals surface area contributed by atoms with E-state index in [0.29, 0.717) is 40.5 Å². The van der Waals surface area contributed by atoms with E-state index in [0.717, 1.165) is 24.3 Å². The van der Waals surface area contributed by atoms with Crippen LogP contribution < -0.4 is 5.32 Å². The second kappa shape index (κ2) is 8.61. The lowest BCUT2D eigenvalue weighted by Crippen LogP contribution is -2.40. The number of hydrogen-bond acceptors (Lipinski definition) is 6. The molecule has 1 aliphatic rings. The molecule has 1 fully saturated rings. The second-order valence-electron chi connectivity index (χ2n) is 6.68. The number of likely N-dealkylation sites (tertiary alicyclic amines) is 1. The zero-order chi connectivity index (χ0) is 19.5. The van der Waals surface area contributed by atoms with Crippen LogP contribution in [-0.4, -0.2) is 34.0 Å². The molecule has 1 unspecified atom stereocenters. The Morgan fingerprint density at radius 3 is 3.04 bits per heavy atom. The van der Waals surface area contributed by atoms with E-state index in [1.165, 1.54) is 0 Å². The van der Waals surface area contributed by atoms with Gasteiger partial charge in [-0.05, 0) is 49.0 Å². The third kappa shape index (κ3) is 4.55. The molecule has 0 spiro atoms. The summed E-state index contributed by atoms with van der Waals surface area (Å²) in [6.45, 7) is 2.06. The maximum Gasteiger partial charge on any atom is 0.241 e. The Labute approximate surface area is 176 Å². The first kappa shape index (κ1) is 19.4. The standard InChI is InChI=1S/C19H18Cl2N4O2S/c20-13-5-6-15(14(21)9-13)22-19(26)12-3-1-7-25(10-12)11-17-23-18(24-27-17)16-4-2-8-28-16/h2,4-6,8-9,12H,1,3,7,10-11H2,(H,22,26). The largest absolute Gasteiger partial charge is 0.338 e. The summed E-state index contributed by atoms with van der Waals surface area (Å²) in [4.78, 5) is 20.3. The number of piperidine rings is 1. The molecule has 1 aromatic carbocycles. The van der Waals surface area contributed by atoms with Gasteiger partial charge in [0.05, 0.1) is 28.0 Å². The number of anilines is 1. The molecule has 1 aliphatic heterocycles. The van der Waals surface area contributed by atoms with E-state index >= 15 is 0 Å². The number of hydrogen-bond donors (Lipinski definition) is 1. The molecular weight excluding hydrogens is 419 g/mol. The van der Waals surface area contributed by atoms with Crippen molar-refractivity contribution in [3.8, 4) is 10.7 Å². The summed E-state index contributed by atoms with van der Waals surface area (Å²) in [5.74, 6) is 0.998. The van der Waals surface area contributed by atoms with Crippen LogP contribution in [0, 0.1) is 5.92 Å². The summed E-state index contributed by atoms with van der Waals surface area (Å²) in [6, 6.07) is 8.95. The van der Waals surface area contributed by atoms with Crippen molar-refractivity contribution in [2.75, 3.05) is 18.4 Å². The van der Waals surface area contributed by atoms with Crippen LogP contribution in [0.15, 0.2) is 40.2 Å². The van der Waals surface area contributed by atoms with Crippen LogP contribution in [0.1, 0.15) is 18.7 Å². The minimum atomic E-state index is -0.125. The van der Waals surface area contributed by atoms with Crippen molar-refractivity contribution < 1.29 is 9.32 Å². The number of nitrogens with zero attached hydrogens (tertiary/aromatic N) is 3. The van der Waals surface area contributed by atoms with Gasteiger partial charge in [0.25, 0.3) is 0 Å². The SMILES string of the molecule is O=C(Nc1ccc(Cl)cc1Cl)C1CCCN(Cc2nc(-c3cccs3)no2)C1. The lowest BCUT2D eigenvalue weighted by molar-refractivity contribution is -0.121. The molecule has 0 bridgehead atoms. The van der Waals surface area contributed by atoms with Gasteiger partial charge in [-0.1, -0.05) is 34.4 Å². The van der Waals surface area contributed by atoms with Gasteiger partial charge in [0, 0.05) is 11.6 Å². The average Bonchev–Trinajstić information content (AvgIpc) is 3.36. The Balaban J connectivity index is 1.37. The smallest absolute Gasteiger partial charge is 0.241 e. The normalized spacial score (nSPS) is 17.6. The number of benzene rings is 1. The first-order chi connectivity index (χ1) is 13.6. The quantitative estimate of drug-likeness (QED) is 0.611. The predicted molar refractivity (Wildman–Crippen MR) is 111 cm³/mol. The number of carbonyl (C=O) groups excluding carboxylic acids is 1. The van der Waals surface area contributed by atoms with Crippen molar-refractivity contribution >= 4 is 46.1 Å². The Kier molecular flexibility index (Phi) is 5.96. The van der Waals surface area contributed by atoms with E-state index in [-0.39, 0.29) is 11.8 Å². The molecule has 1 N–H and O–H groups in total. The molecule has 3 heterocycles. The van der Waals surface area contributed by atoms with E-state index in [1.54, 1.807) is 29.5 Å². The Morgan fingerprint density at radius 1 is 1.36 bits per heavy atom. The van der Waals surface area contributed by atoms with E-state index in [1.807, 2.05) is 17.5 Å². The monoisotopic (exact) mass is 436 g/mol. The maximum absolute atomic E-state index is 12.7. The van der Waals surface area contributed by atoms with Crippen molar-refractivity contribution in [2.45, 2.75) is 19.4 Å². The first-order valence-corrected chi connectivity index (χ1v) is 10.6. The zero-order valence-corrected chi connectivity index (χ0v) is 17.2. The molecule has 3 aromatic rings. The van der Waals surface area contributed by atoms with Gasteiger partial charge in [0.15, 0.2) is 0 Å². The third-order valence-electron chi connectivity index (χ3n) is 4.63. The molecule has 28 heavy (non-hydrogen) atoms. The van der Waals surface area contributed by atoms with Crippen LogP contribution >= 0.6 is 34.5 Å². The fourth-order valence-electron chi connectivity index (χ4n) is 3.26. The van der Waals surface area contributed by atoms with Gasteiger partial charge in [0.1, 0.15) is 0 Å². The highest BCUT2D eigenvalue weighted by Crippen LogP contribution is 2.27. The number of amides is 1. The van der Waals surface area contributed by atoms with Crippen LogP contribution in [-0.2, 0) is 11.3 Å². The van der Waals surface area contributed by atoms with Crippen molar-refractivity contribution in [1.82, 2.24) is 15.0 Å². The van der Waals surface area contributed by atoms with E-state index in [4.69, 9.17) is 27.7 Å². The van der Waals surface area contributed by atoms with E-state index < -0.39 is 0 Å². The molecule has 4 rings (SSSR count). The van der Waals surface area contributed by atoms with Gasteiger partial charge in [-0.15, -0.1) is 11.3 Å². The van der Waals surface area contributed by atoms with Gasteiger partial charge >= 0.3 is 0 Å². The second-order valence-corrected chi connectivity index (χ2v) is 8.47. The highest BCUT2D eigenvalue weighted by atomic mass is 35.5. The molecule has 6 nitrogen and oxygen atoms in total. The molecule has 9 heteroatoms. The molecule has 0 radical (unpaired) electrons. The molecule has 1 atom stereocenters. The van der Waals surface area contributed by atoms with Gasteiger partial charge in [-0.3, -0.25) is 9.69 Å². The predicted octanol–water partition coefficient (Wildman–Crippen LogP) is 4.96. The van der Waals surface area contributed by atoms with Crippen LogP contribution in [0.25, 0.3) is 10.7 Å². The summed E-state index contributed by atoms with van der Waals surface area (Å²) < 4.78 is 5.38. The summed E-state index contributed by atoms with van der Waals surface area (Å²) in [7, 11) is 0. The number of thiophene rings is 1. The lowest BCUT2D eigenvalue weighted by Gasteiger charge is -2.30. The maximum atomic E-state index is 12.7. The Bertz CT molecular complexity index is 961. The van der Waals surface area contributed by atoms with Crippen molar-refractivity contribution in [1.29, 1.82) is 0 Å². The molecule has 1 amide bonds. The Hall–Kier alpha value is -1.93. The molecule has 1 saturated heterocycles. The van der Waals surface area contributed by atoms with Gasteiger partial charge in [-0.25, -0.2) is 0 Å². The molecule has 0 saturated carbocycles. The van der Waals surface area contributed by atoms with Crippen LogP contribution in [0.3, 0.4) is 0 Å². The van der Waals surface area contributed by atoms with Gasteiger partial charge in [-0.2, -0.15) is 4.98 Å². The summed E-state index contributed by atoms with van der Waals surface area (Å²) in [5, 5.41) is 9.90. The summed E-state index contributed by atoms with van der Waals surface area (Å²) in [5.41, 5.74) is 0.575. The highest BCUT2D eigenvalue weighted by Gasteiger charge is 2.27. The highest BCUT2D eigenvalue weighted by molar-refractivity contribution is 7.13. The lowest BCUT2D eigenvalue weighted by atomic mass is 9.97. The third-order valence-corrected chi connectivity index (χ3v) is 6.05. The molecule has 0 aliphatic carbocycles. The number of halogens is 2. The van der Waals surface area contributed by atoms with Crippen LogP contribution in [0.5, 0.6) is 0 Å². The molecular formula is C19H18Cl2N4O2S. The van der Waals surface area contributed by atoms with Crippen LogP contribution in [0.2, 0.25) is 10.0 Å². The number of nitrogens with one attached hydrogen (secondary N) is 1. The van der Waals surface area contributed by atoms with E-state index in [9.17, 15) is 4.79 Å². The van der Waals surface area contributed by atoms with Crippen molar-refractivity contribution in [2.24, 2.45) is 5.92 Å². The fourth-order valence-corrected chi connectivity index (χ4v) is 4.36. The van der Waals surface area contributed by atoms with Crippen molar-refractivity contribution in [3.05, 3.63) is 51.6 Å². The average molecular weight is 437 g/mol. The van der Waals surface area contributed by atoms with Crippen molar-refractivity contribution in [3.63, 3.8) is 0 Å². The molecule has 146 valence electrons. The van der Waals surface area contributed by atoms with Crippen LogP contribution in [0.4, 0.5) is 5.69 Å². The topological polar surface area (TPSA) is 71.3 Å². The summed E-state index contributed by atoms with van der Waals surface area (Å²) in [6.07, 6.45) is 1.76. The number of aromatic nitrogens is 2. The Morgan fingerprint density at radius 2 is 2.25 bits per heavy atom. The zero-order valence-electron chi connectivity index (χ0n) is 14.9.